The van der Waals surface area contributed by atoms with Crippen molar-refractivity contribution in [2.75, 3.05) is 0 Å². The van der Waals surface area contributed by atoms with E-state index in [0.29, 0.717) is 0 Å². The Morgan fingerprint density at radius 3 is 2.42 bits per heavy atom. The molecule has 0 aliphatic heterocycles. The summed E-state index contributed by atoms with van der Waals surface area (Å²) in [6, 6.07) is 23.7. The molecule has 0 saturated carbocycles. The SMILES string of the molecule is Cc1ccc(Sc2cc(F)ccc2C=C[Se]c2ccccc2)cc1. The van der Waals surface area contributed by atoms with Crippen molar-refractivity contribution in [3.63, 3.8) is 0 Å². The second-order valence-corrected chi connectivity index (χ2v) is 8.50. The molecule has 0 N–H and O–H groups in total. The molecule has 0 fully saturated rings. The summed E-state index contributed by atoms with van der Waals surface area (Å²) in [5, 5.41) is 0. The van der Waals surface area contributed by atoms with Gasteiger partial charge in [0.25, 0.3) is 0 Å². The van der Waals surface area contributed by atoms with Crippen LogP contribution >= 0.6 is 11.8 Å². The molecule has 0 aliphatic rings. The van der Waals surface area contributed by atoms with Gasteiger partial charge in [0, 0.05) is 0 Å². The van der Waals surface area contributed by atoms with Gasteiger partial charge < -0.3 is 0 Å². The summed E-state index contributed by atoms with van der Waals surface area (Å²) in [5.74, 6) is -0.199. The summed E-state index contributed by atoms with van der Waals surface area (Å²) < 4.78 is 15.0. The molecule has 0 nitrogen and oxygen atoms in total. The van der Waals surface area contributed by atoms with Gasteiger partial charge in [-0.2, -0.15) is 0 Å². The van der Waals surface area contributed by atoms with E-state index in [-0.39, 0.29) is 20.8 Å². The molecular formula is C21H17FSSe. The second-order valence-electron chi connectivity index (χ2n) is 5.33. The summed E-state index contributed by atoms with van der Waals surface area (Å²) in [6.45, 7) is 2.07. The quantitative estimate of drug-likeness (QED) is 0.526. The van der Waals surface area contributed by atoms with Crippen molar-refractivity contribution >= 4 is 37.3 Å². The summed E-state index contributed by atoms with van der Waals surface area (Å²) in [6.07, 6.45) is 2.10. The molecule has 0 bridgehead atoms. The van der Waals surface area contributed by atoms with Gasteiger partial charge in [0.05, 0.1) is 0 Å². The average molecular weight is 399 g/mol. The van der Waals surface area contributed by atoms with Crippen molar-refractivity contribution in [3.05, 3.63) is 94.7 Å². The minimum atomic E-state index is -0.199. The number of benzene rings is 3. The van der Waals surface area contributed by atoms with Crippen molar-refractivity contribution in [3.8, 4) is 0 Å². The molecule has 3 aromatic rings. The first-order valence-electron chi connectivity index (χ1n) is 7.63. The fourth-order valence-electron chi connectivity index (χ4n) is 2.15. The van der Waals surface area contributed by atoms with Gasteiger partial charge in [0.15, 0.2) is 0 Å². The third-order valence-electron chi connectivity index (χ3n) is 3.42. The van der Waals surface area contributed by atoms with Gasteiger partial charge in [-0.05, 0) is 0 Å². The summed E-state index contributed by atoms with van der Waals surface area (Å²) in [4.78, 5) is 4.25. The molecule has 120 valence electrons. The van der Waals surface area contributed by atoms with E-state index in [1.807, 2.05) is 12.1 Å². The molecule has 0 aliphatic carbocycles. The molecule has 0 amide bonds. The number of halogens is 1. The molecule has 3 rings (SSSR count). The monoisotopic (exact) mass is 400 g/mol. The van der Waals surface area contributed by atoms with E-state index in [1.54, 1.807) is 17.8 Å². The van der Waals surface area contributed by atoms with Gasteiger partial charge in [0.2, 0.25) is 0 Å². The zero-order chi connectivity index (χ0) is 16.8. The Labute approximate surface area is 153 Å². The van der Waals surface area contributed by atoms with E-state index < -0.39 is 0 Å². The number of rotatable bonds is 5. The van der Waals surface area contributed by atoms with Crippen LogP contribution in [0.5, 0.6) is 0 Å². The van der Waals surface area contributed by atoms with Crippen LogP contribution in [0.3, 0.4) is 0 Å². The minimum absolute atomic E-state index is 0.199. The molecule has 0 aromatic heterocycles. The molecule has 0 spiro atoms. The van der Waals surface area contributed by atoms with Crippen LogP contribution in [0.2, 0.25) is 0 Å². The molecule has 0 heterocycles. The van der Waals surface area contributed by atoms with Gasteiger partial charge in [-0.1, -0.05) is 0 Å². The number of hydrogen-bond donors (Lipinski definition) is 0. The van der Waals surface area contributed by atoms with E-state index in [0.717, 1.165) is 15.4 Å². The third kappa shape index (κ3) is 4.85. The Balaban J connectivity index is 1.78. The van der Waals surface area contributed by atoms with Crippen LogP contribution in [0.4, 0.5) is 4.39 Å². The normalized spacial score (nSPS) is 11.1. The van der Waals surface area contributed by atoms with Gasteiger partial charge in [0.1, 0.15) is 0 Å². The Hall–Kier alpha value is -1.80. The Morgan fingerprint density at radius 1 is 0.917 bits per heavy atom. The fraction of sp³-hybridized carbons (Fsp3) is 0.0476. The first-order valence-corrected chi connectivity index (χ1v) is 10.3. The van der Waals surface area contributed by atoms with Crippen molar-refractivity contribution < 1.29 is 4.39 Å². The van der Waals surface area contributed by atoms with Crippen molar-refractivity contribution in [1.29, 1.82) is 0 Å². The molecule has 0 unspecified atom stereocenters. The van der Waals surface area contributed by atoms with E-state index >= 15 is 0 Å². The Morgan fingerprint density at radius 2 is 1.67 bits per heavy atom. The third-order valence-corrected chi connectivity index (χ3v) is 6.21. The maximum absolute atomic E-state index is 13.7. The van der Waals surface area contributed by atoms with Crippen LogP contribution in [-0.2, 0) is 0 Å². The standard InChI is InChI=1S/C21H17FSSe/c1-16-7-11-19(12-8-16)23-21-15-18(22)10-9-17(21)13-14-24-20-5-3-2-4-6-20/h2-15H,1H3. The van der Waals surface area contributed by atoms with Gasteiger partial charge in [-0.3, -0.25) is 0 Å². The predicted molar refractivity (Wildman–Crippen MR) is 103 cm³/mol. The first-order chi connectivity index (χ1) is 11.7. The van der Waals surface area contributed by atoms with E-state index in [2.05, 4.69) is 66.5 Å². The van der Waals surface area contributed by atoms with Crippen LogP contribution in [0.25, 0.3) is 6.08 Å². The summed E-state index contributed by atoms with van der Waals surface area (Å²) >= 11 is 1.88. The molecule has 0 saturated heterocycles. The maximum atomic E-state index is 13.7. The van der Waals surface area contributed by atoms with E-state index in [4.69, 9.17) is 0 Å². The van der Waals surface area contributed by atoms with Gasteiger partial charge >= 0.3 is 153 Å². The van der Waals surface area contributed by atoms with Crippen molar-refractivity contribution in [1.82, 2.24) is 0 Å². The molecule has 3 heteroatoms. The van der Waals surface area contributed by atoms with Gasteiger partial charge in [-0.25, -0.2) is 0 Å². The summed E-state index contributed by atoms with van der Waals surface area (Å²) in [7, 11) is 0. The second kappa shape index (κ2) is 8.34. The molecule has 0 radical (unpaired) electrons. The Bertz CT molecular complexity index is 826. The zero-order valence-corrected chi connectivity index (χ0v) is 15.8. The van der Waals surface area contributed by atoms with Crippen molar-refractivity contribution in [2.45, 2.75) is 16.7 Å². The Kier molecular flexibility index (Phi) is 5.92. The molecule has 3 aromatic carbocycles. The summed E-state index contributed by atoms with van der Waals surface area (Å²) in [5.41, 5.74) is 2.28. The fourth-order valence-corrected chi connectivity index (χ4v) is 4.54. The molecule has 0 atom stereocenters. The van der Waals surface area contributed by atoms with Crippen LogP contribution < -0.4 is 4.46 Å². The van der Waals surface area contributed by atoms with Gasteiger partial charge in [-0.15, -0.1) is 0 Å². The van der Waals surface area contributed by atoms with E-state index in [9.17, 15) is 4.39 Å². The van der Waals surface area contributed by atoms with E-state index in [1.165, 1.54) is 16.1 Å². The predicted octanol–water partition coefficient (Wildman–Crippen LogP) is 5.29. The molecule has 24 heavy (non-hydrogen) atoms. The topological polar surface area (TPSA) is 0 Å². The van der Waals surface area contributed by atoms with Crippen molar-refractivity contribution in [2.24, 2.45) is 0 Å². The first kappa shape index (κ1) is 17.0. The number of hydrogen-bond acceptors (Lipinski definition) is 1. The van der Waals surface area contributed by atoms with Crippen LogP contribution in [0, 0.1) is 12.7 Å². The van der Waals surface area contributed by atoms with Crippen LogP contribution in [0.1, 0.15) is 11.1 Å². The average Bonchev–Trinajstić information content (AvgIpc) is 2.60. The van der Waals surface area contributed by atoms with Crippen LogP contribution in [-0.4, -0.2) is 15.0 Å². The van der Waals surface area contributed by atoms with Crippen LogP contribution in [0.15, 0.2) is 87.6 Å². The number of aryl methyl sites for hydroxylation is 1. The molecular weight excluding hydrogens is 382 g/mol. The zero-order valence-electron chi connectivity index (χ0n) is 13.3.